The molecule has 1 unspecified atom stereocenters. The average Bonchev–Trinajstić information content (AvgIpc) is 2.62. The summed E-state index contributed by atoms with van der Waals surface area (Å²) in [6.45, 7) is 10.8. The number of aliphatic hydroxyl groups is 1. The lowest BCUT2D eigenvalue weighted by atomic mass is 9.94. The Morgan fingerprint density at radius 3 is 2.70 bits per heavy atom. The monoisotopic (exact) mass is 293 g/mol. The molecule has 0 radical (unpaired) electrons. The molecule has 110 valence electrons. The van der Waals surface area contributed by atoms with Crippen LogP contribution >= 0.6 is 11.3 Å². The van der Waals surface area contributed by atoms with Crippen molar-refractivity contribution in [2.24, 2.45) is 5.92 Å². The second-order valence-corrected chi connectivity index (χ2v) is 7.34. The normalized spacial score (nSPS) is 14.8. The molecule has 0 spiro atoms. The molecular weight excluding hydrogens is 270 g/mol. The number of thiophene rings is 1. The summed E-state index contributed by atoms with van der Waals surface area (Å²) in [7, 11) is 0. The third kappa shape index (κ3) is 3.27. The number of aromatic nitrogens is 2. The first-order chi connectivity index (χ1) is 9.30. The SMILES string of the molecule is Cc1sc2ncnc(NCC(C)(O)CC(C)C)c2c1C. The van der Waals surface area contributed by atoms with Gasteiger partial charge in [-0.05, 0) is 38.7 Å². The lowest BCUT2D eigenvalue weighted by Gasteiger charge is -2.26. The summed E-state index contributed by atoms with van der Waals surface area (Å²) in [5.74, 6) is 1.28. The van der Waals surface area contributed by atoms with Crippen molar-refractivity contribution in [2.45, 2.75) is 46.6 Å². The summed E-state index contributed by atoms with van der Waals surface area (Å²) in [6.07, 6.45) is 2.34. The van der Waals surface area contributed by atoms with E-state index in [0.29, 0.717) is 12.5 Å². The van der Waals surface area contributed by atoms with Gasteiger partial charge in [0.2, 0.25) is 0 Å². The maximum Gasteiger partial charge on any atom is 0.138 e. The molecule has 4 nitrogen and oxygen atoms in total. The van der Waals surface area contributed by atoms with E-state index in [0.717, 1.165) is 22.5 Å². The summed E-state index contributed by atoms with van der Waals surface area (Å²) < 4.78 is 0. The minimum absolute atomic E-state index is 0.461. The zero-order chi connectivity index (χ0) is 14.9. The Kier molecular flexibility index (Phi) is 4.30. The van der Waals surface area contributed by atoms with Crippen molar-refractivity contribution in [1.29, 1.82) is 0 Å². The van der Waals surface area contributed by atoms with Crippen LogP contribution in [-0.4, -0.2) is 27.2 Å². The second-order valence-electron chi connectivity index (χ2n) is 6.13. The average molecular weight is 293 g/mol. The minimum atomic E-state index is -0.732. The van der Waals surface area contributed by atoms with E-state index in [1.54, 1.807) is 17.7 Å². The van der Waals surface area contributed by atoms with Crippen LogP contribution in [0.4, 0.5) is 5.82 Å². The summed E-state index contributed by atoms with van der Waals surface area (Å²) in [5, 5.41) is 14.8. The smallest absolute Gasteiger partial charge is 0.138 e. The van der Waals surface area contributed by atoms with Gasteiger partial charge in [0.1, 0.15) is 17.0 Å². The number of hydrogen-bond donors (Lipinski definition) is 2. The van der Waals surface area contributed by atoms with E-state index in [4.69, 9.17) is 0 Å². The molecule has 2 N–H and O–H groups in total. The number of nitrogens with zero attached hydrogens (tertiary/aromatic N) is 2. The molecule has 0 aliphatic rings. The molecule has 2 aromatic rings. The molecule has 0 amide bonds. The first kappa shape index (κ1) is 15.2. The van der Waals surface area contributed by atoms with Crippen LogP contribution in [0.15, 0.2) is 6.33 Å². The molecule has 2 heterocycles. The highest BCUT2D eigenvalue weighted by atomic mass is 32.1. The molecule has 0 saturated heterocycles. The van der Waals surface area contributed by atoms with Gasteiger partial charge < -0.3 is 10.4 Å². The number of hydrogen-bond acceptors (Lipinski definition) is 5. The fourth-order valence-corrected chi connectivity index (χ4v) is 3.54. The van der Waals surface area contributed by atoms with Crippen molar-refractivity contribution in [3.8, 4) is 0 Å². The molecule has 2 rings (SSSR count). The largest absolute Gasteiger partial charge is 0.388 e. The maximum absolute atomic E-state index is 10.4. The second kappa shape index (κ2) is 5.66. The molecule has 1 atom stereocenters. The van der Waals surface area contributed by atoms with Crippen LogP contribution in [-0.2, 0) is 0 Å². The van der Waals surface area contributed by atoms with Gasteiger partial charge in [-0.15, -0.1) is 11.3 Å². The third-order valence-corrected chi connectivity index (χ3v) is 4.57. The summed E-state index contributed by atoms with van der Waals surface area (Å²) >= 11 is 1.68. The van der Waals surface area contributed by atoms with E-state index in [2.05, 4.69) is 43.0 Å². The van der Waals surface area contributed by atoms with Gasteiger partial charge in [-0.3, -0.25) is 0 Å². The number of rotatable bonds is 5. The van der Waals surface area contributed by atoms with Gasteiger partial charge >= 0.3 is 0 Å². The van der Waals surface area contributed by atoms with Gasteiger partial charge in [0, 0.05) is 11.4 Å². The van der Waals surface area contributed by atoms with Gasteiger partial charge in [0.25, 0.3) is 0 Å². The molecule has 5 heteroatoms. The molecule has 0 aromatic carbocycles. The Morgan fingerprint density at radius 2 is 2.05 bits per heavy atom. The third-order valence-electron chi connectivity index (χ3n) is 3.45. The Balaban J connectivity index is 2.22. The van der Waals surface area contributed by atoms with Crippen LogP contribution in [0.25, 0.3) is 10.2 Å². The van der Waals surface area contributed by atoms with E-state index in [1.165, 1.54) is 10.4 Å². The highest BCUT2D eigenvalue weighted by Gasteiger charge is 2.22. The lowest BCUT2D eigenvalue weighted by molar-refractivity contribution is 0.0515. The highest BCUT2D eigenvalue weighted by molar-refractivity contribution is 7.18. The first-order valence-electron chi connectivity index (χ1n) is 6.97. The van der Waals surface area contributed by atoms with Crippen LogP contribution in [0, 0.1) is 19.8 Å². The predicted molar refractivity (Wildman–Crippen MR) is 85.5 cm³/mol. The lowest BCUT2D eigenvalue weighted by Crippen LogP contribution is -2.35. The summed E-state index contributed by atoms with van der Waals surface area (Å²) in [4.78, 5) is 10.9. The molecule has 2 aromatic heterocycles. The van der Waals surface area contributed by atoms with Crippen LogP contribution in [0.2, 0.25) is 0 Å². The Morgan fingerprint density at radius 1 is 1.35 bits per heavy atom. The Bertz CT molecular complexity index is 604. The Hall–Kier alpha value is -1.20. The zero-order valence-corrected chi connectivity index (χ0v) is 13.6. The first-order valence-corrected chi connectivity index (χ1v) is 7.79. The molecule has 20 heavy (non-hydrogen) atoms. The topological polar surface area (TPSA) is 58.0 Å². The van der Waals surface area contributed by atoms with Gasteiger partial charge in [-0.25, -0.2) is 9.97 Å². The van der Waals surface area contributed by atoms with Crippen LogP contribution in [0.5, 0.6) is 0 Å². The molecular formula is C15H23N3OS. The molecule has 0 fully saturated rings. The van der Waals surface area contributed by atoms with Crippen LogP contribution in [0.3, 0.4) is 0 Å². The van der Waals surface area contributed by atoms with Gasteiger partial charge in [0.05, 0.1) is 11.0 Å². The number of anilines is 1. The maximum atomic E-state index is 10.4. The molecule has 0 aliphatic carbocycles. The number of nitrogens with one attached hydrogen (secondary N) is 1. The predicted octanol–water partition coefficient (Wildman–Crippen LogP) is 3.52. The molecule has 0 aliphatic heterocycles. The minimum Gasteiger partial charge on any atom is -0.388 e. The van der Waals surface area contributed by atoms with E-state index >= 15 is 0 Å². The summed E-state index contributed by atoms with van der Waals surface area (Å²) in [6, 6.07) is 0. The number of aryl methyl sites for hydroxylation is 2. The van der Waals surface area contributed by atoms with Crippen LogP contribution in [0.1, 0.15) is 37.6 Å². The van der Waals surface area contributed by atoms with E-state index < -0.39 is 5.60 Å². The van der Waals surface area contributed by atoms with Crippen LogP contribution < -0.4 is 5.32 Å². The van der Waals surface area contributed by atoms with E-state index in [9.17, 15) is 5.11 Å². The summed E-state index contributed by atoms with van der Waals surface area (Å²) in [5.41, 5.74) is 0.487. The van der Waals surface area contributed by atoms with Gasteiger partial charge in [0.15, 0.2) is 0 Å². The molecule has 0 bridgehead atoms. The van der Waals surface area contributed by atoms with E-state index in [-0.39, 0.29) is 0 Å². The van der Waals surface area contributed by atoms with Crippen molar-refractivity contribution in [3.05, 3.63) is 16.8 Å². The zero-order valence-electron chi connectivity index (χ0n) is 12.8. The van der Waals surface area contributed by atoms with Gasteiger partial charge in [-0.2, -0.15) is 0 Å². The standard InChI is InChI=1S/C15H23N3OS/c1-9(2)6-15(5,19)7-16-13-12-10(3)11(4)20-14(12)18-8-17-13/h8-9,19H,6-7H2,1-5H3,(H,16,17,18). The van der Waals surface area contributed by atoms with E-state index in [1.807, 2.05) is 6.92 Å². The van der Waals surface area contributed by atoms with Gasteiger partial charge in [-0.1, -0.05) is 13.8 Å². The quantitative estimate of drug-likeness (QED) is 0.885. The molecule has 0 saturated carbocycles. The Labute approximate surface area is 124 Å². The van der Waals surface area contributed by atoms with Crippen molar-refractivity contribution >= 4 is 27.4 Å². The number of fused-ring (bicyclic) bond motifs is 1. The highest BCUT2D eigenvalue weighted by Crippen LogP contribution is 2.32. The van der Waals surface area contributed by atoms with Crippen molar-refractivity contribution < 1.29 is 5.11 Å². The fourth-order valence-electron chi connectivity index (χ4n) is 2.54. The van der Waals surface area contributed by atoms with Crippen molar-refractivity contribution in [2.75, 3.05) is 11.9 Å². The van der Waals surface area contributed by atoms with Crippen molar-refractivity contribution in [3.63, 3.8) is 0 Å². The fraction of sp³-hybridized carbons (Fsp3) is 0.600. The van der Waals surface area contributed by atoms with Crippen molar-refractivity contribution in [1.82, 2.24) is 9.97 Å².